The zero-order valence-corrected chi connectivity index (χ0v) is 11.7. The summed E-state index contributed by atoms with van der Waals surface area (Å²) in [4.78, 5) is 9.85. The fraction of sp³-hybridized carbons (Fsp3) is 0.364. The Morgan fingerprint density at radius 2 is 1.85 bits per heavy atom. The Balaban J connectivity index is 3.08. The van der Waals surface area contributed by atoms with Crippen LogP contribution in [0.25, 0.3) is 0 Å². The number of nitrogens with zero attached hydrogens (tertiary/aromatic N) is 1. The summed E-state index contributed by atoms with van der Waals surface area (Å²) >= 11 is 0. The van der Waals surface area contributed by atoms with Crippen LogP contribution in [0.2, 0.25) is 0 Å². The van der Waals surface area contributed by atoms with Crippen LogP contribution in [0.15, 0.2) is 17.0 Å². The number of carbonyl (C=O) groups excluding carboxylic acids is 1. The molecule has 0 bridgehead atoms. The first kappa shape index (κ1) is 16.3. The second-order valence-electron chi connectivity index (χ2n) is 3.97. The van der Waals surface area contributed by atoms with Crippen molar-refractivity contribution >= 4 is 21.7 Å². The van der Waals surface area contributed by atoms with Gasteiger partial charge in [0.05, 0.1) is 13.5 Å². The molecular weight excluding hydrogens is 294 g/mol. The normalized spacial score (nSPS) is 11.7. The first-order valence-electron chi connectivity index (χ1n) is 5.47. The topological polar surface area (TPSA) is 89.7 Å². The van der Waals surface area contributed by atoms with E-state index < -0.39 is 32.5 Å². The van der Waals surface area contributed by atoms with E-state index in [0.29, 0.717) is 16.4 Å². The van der Waals surface area contributed by atoms with Crippen molar-refractivity contribution in [2.75, 3.05) is 26.4 Å². The Morgan fingerprint density at radius 3 is 2.30 bits per heavy atom. The highest BCUT2D eigenvalue weighted by atomic mass is 32.2. The number of esters is 1. The molecule has 0 aliphatic heterocycles. The molecule has 0 fully saturated rings. The quantitative estimate of drug-likeness (QED) is 0.640. The van der Waals surface area contributed by atoms with Crippen molar-refractivity contribution in [3.05, 3.63) is 23.8 Å². The third-order valence-electron chi connectivity index (χ3n) is 2.55. The molecule has 6 nitrogen and oxygen atoms in total. The highest BCUT2D eigenvalue weighted by Crippen LogP contribution is 2.24. The predicted octanol–water partition coefficient (Wildman–Crippen LogP) is 0.731. The van der Waals surface area contributed by atoms with Gasteiger partial charge in [0.1, 0.15) is 11.6 Å². The lowest BCUT2D eigenvalue weighted by molar-refractivity contribution is -0.140. The van der Waals surface area contributed by atoms with Gasteiger partial charge >= 0.3 is 5.97 Å². The molecule has 1 rings (SSSR count). The molecule has 112 valence electrons. The number of methoxy groups -OCH3 is 1. The van der Waals surface area contributed by atoms with E-state index in [1.165, 1.54) is 0 Å². The number of hydrogen-bond acceptors (Lipinski definition) is 5. The van der Waals surface area contributed by atoms with Gasteiger partial charge in [-0.05, 0) is 12.1 Å². The summed E-state index contributed by atoms with van der Waals surface area (Å²) in [5.74, 6) is -3.20. The monoisotopic (exact) mass is 308 g/mol. The van der Waals surface area contributed by atoms with E-state index in [1.807, 2.05) is 0 Å². The van der Waals surface area contributed by atoms with Crippen LogP contribution in [0.4, 0.5) is 14.5 Å². The van der Waals surface area contributed by atoms with E-state index in [2.05, 4.69) is 4.74 Å². The van der Waals surface area contributed by atoms with E-state index in [0.717, 1.165) is 14.2 Å². The van der Waals surface area contributed by atoms with Gasteiger partial charge in [0.2, 0.25) is 10.0 Å². The average molecular weight is 308 g/mol. The number of sulfonamides is 1. The first-order chi connectivity index (χ1) is 9.20. The predicted molar refractivity (Wildman–Crippen MR) is 67.2 cm³/mol. The van der Waals surface area contributed by atoms with Crippen molar-refractivity contribution in [1.82, 2.24) is 4.31 Å². The highest BCUT2D eigenvalue weighted by molar-refractivity contribution is 7.89. The molecule has 1 aromatic carbocycles. The van der Waals surface area contributed by atoms with Crippen molar-refractivity contribution in [1.29, 1.82) is 0 Å². The minimum atomic E-state index is -4.40. The third kappa shape index (κ3) is 3.42. The SMILES string of the molecule is COC(=O)CCN(C)S(=O)(=O)c1c(F)cc(N)cc1F. The number of carbonyl (C=O) groups is 1. The van der Waals surface area contributed by atoms with Gasteiger partial charge in [0.25, 0.3) is 0 Å². The molecule has 0 saturated carbocycles. The zero-order chi connectivity index (χ0) is 15.5. The third-order valence-corrected chi connectivity index (χ3v) is 4.46. The van der Waals surface area contributed by atoms with Gasteiger partial charge in [-0.25, -0.2) is 21.5 Å². The Morgan fingerprint density at radius 1 is 1.35 bits per heavy atom. The Labute approximate surface area is 115 Å². The van der Waals surface area contributed by atoms with Crippen LogP contribution in [-0.2, 0) is 19.6 Å². The summed E-state index contributed by atoms with van der Waals surface area (Å²) < 4.78 is 56.3. The summed E-state index contributed by atoms with van der Waals surface area (Å²) in [7, 11) is -2.15. The summed E-state index contributed by atoms with van der Waals surface area (Å²) in [6.07, 6.45) is -0.232. The van der Waals surface area contributed by atoms with E-state index in [-0.39, 0.29) is 18.7 Å². The highest BCUT2D eigenvalue weighted by Gasteiger charge is 2.29. The Hall–Kier alpha value is -1.74. The fourth-order valence-corrected chi connectivity index (χ4v) is 2.71. The van der Waals surface area contributed by atoms with Gasteiger partial charge in [-0.3, -0.25) is 4.79 Å². The molecule has 0 spiro atoms. The van der Waals surface area contributed by atoms with Crippen LogP contribution >= 0.6 is 0 Å². The Kier molecular flexibility index (Phi) is 5.01. The van der Waals surface area contributed by atoms with Crippen LogP contribution in [0, 0.1) is 11.6 Å². The average Bonchev–Trinajstić information content (AvgIpc) is 2.33. The lowest BCUT2D eigenvalue weighted by Gasteiger charge is -2.17. The minimum absolute atomic E-state index is 0.226. The largest absolute Gasteiger partial charge is 0.469 e. The van der Waals surface area contributed by atoms with Crippen molar-refractivity contribution in [3.8, 4) is 0 Å². The fourth-order valence-electron chi connectivity index (χ4n) is 1.45. The second-order valence-corrected chi connectivity index (χ2v) is 5.95. The minimum Gasteiger partial charge on any atom is -0.469 e. The lowest BCUT2D eigenvalue weighted by atomic mass is 10.3. The number of anilines is 1. The van der Waals surface area contributed by atoms with Crippen molar-refractivity contribution in [2.45, 2.75) is 11.3 Å². The molecule has 20 heavy (non-hydrogen) atoms. The van der Waals surface area contributed by atoms with Gasteiger partial charge in [-0.15, -0.1) is 0 Å². The molecule has 0 unspecified atom stereocenters. The number of nitrogen functional groups attached to an aromatic ring is 1. The molecule has 0 saturated heterocycles. The molecule has 0 heterocycles. The molecule has 0 amide bonds. The number of rotatable bonds is 5. The van der Waals surface area contributed by atoms with Gasteiger partial charge in [0.15, 0.2) is 4.90 Å². The number of benzene rings is 1. The van der Waals surface area contributed by atoms with Gasteiger partial charge in [0, 0.05) is 19.3 Å². The van der Waals surface area contributed by atoms with Crippen LogP contribution in [0.5, 0.6) is 0 Å². The van der Waals surface area contributed by atoms with Crippen molar-refractivity contribution in [2.24, 2.45) is 0 Å². The van der Waals surface area contributed by atoms with Crippen LogP contribution in [0.1, 0.15) is 6.42 Å². The van der Waals surface area contributed by atoms with E-state index in [4.69, 9.17) is 5.73 Å². The second kappa shape index (κ2) is 6.14. The molecule has 9 heteroatoms. The van der Waals surface area contributed by atoms with Crippen molar-refractivity contribution < 1.29 is 26.7 Å². The van der Waals surface area contributed by atoms with Crippen molar-refractivity contribution in [3.63, 3.8) is 0 Å². The molecule has 0 aromatic heterocycles. The van der Waals surface area contributed by atoms with E-state index in [9.17, 15) is 22.0 Å². The number of halogens is 2. The molecule has 0 atom stereocenters. The standard InChI is InChI=1S/C11H14F2N2O4S/c1-15(4-3-10(16)19-2)20(17,18)11-8(12)5-7(14)6-9(11)13/h5-6H,3-4,14H2,1-2H3. The van der Waals surface area contributed by atoms with Crippen LogP contribution < -0.4 is 5.73 Å². The molecule has 2 N–H and O–H groups in total. The van der Waals surface area contributed by atoms with Crippen LogP contribution in [0.3, 0.4) is 0 Å². The van der Waals surface area contributed by atoms with E-state index in [1.54, 1.807) is 0 Å². The summed E-state index contributed by atoms with van der Waals surface area (Å²) in [5.41, 5.74) is 4.99. The number of hydrogen-bond donors (Lipinski definition) is 1. The molecule has 0 radical (unpaired) electrons. The lowest BCUT2D eigenvalue weighted by Crippen LogP contribution is -2.30. The van der Waals surface area contributed by atoms with Gasteiger partial charge < -0.3 is 10.5 Å². The van der Waals surface area contributed by atoms with E-state index >= 15 is 0 Å². The van der Waals surface area contributed by atoms with Crippen LogP contribution in [-0.4, -0.2) is 39.4 Å². The smallest absolute Gasteiger partial charge is 0.306 e. The first-order valence-corrected chi connectivity index (χ1v) is 6.91. The maximum Gasteiger partial charge on any atom is 0.306 e. The molecule has 1 aromatic rings. The molecular formula is C11H14F2N2O4S. The number of ether oxygens (including phenoxy) is 1. The van der Waals surface area contributed by atoms with Gasteiger partial charge in [-0.1, -0.05) is 0 Å². The maximum atomic E-state index is 13.6. The molecule has 0 aliphatic rings. The number of nitrogens with two attached hydrogens (primary N) is 1. The molecule has 0 aliphatic carbocycles. The summed E-state index contributed by atoms with van der Waals surface area (Å²) in [6, 6.07) is 1.42. The summed E-state index contributed by atoms with van der Waals surface area (Å²) in [6.45, 7) is -0.266. The zero-order valence-electron chi connectivity index (χ0n) is 10.9. The van der Waals surface area contributed by atoms with Gasteiger partial charge in [-0.2, -0.15) is 0 Å². The maximum absolute atomic E-state index is 13.6. The Bertz CT molecular complexity index is 596. The summed E-state index contributed by atoms with van der Waals surface area (Å²) in [5, 5.41) is 0.